The van der Waals surface area contributed by atoms with Gasteiger partial charge in [-0.3, -0.25) is 0 Å². The molecular formula is C29H27N. The van der Waals surface area contributed by atoms with Crippen LogP contribution in [0, 0.1) is 0 Å². The first-order chi connectivity index (χ1) is 14.5. The van der Waals surface area contributed by atoms with Crippen LogP contribution in [0.4, 0.5) is 0 Å². The summed E-state index contributed by atoms with van der Waals surface area (Å²) in [6.07, 6.45) is 0.946. The summed E-state index contributed by atoms with van der Waals surface area (Å²) >= 11 is 0. The van der Waals surface area contributed by atoms with Gasteiger partial charge in [0.05, 0.1) is 11.0 Å². The molecule has 5 rings (SSSR count). The first kappa shape index (κ1) is 18.7. The van der Waals surface area contributed by atoms with Crippen LogP contribution in [0.5, 0.6) is 0 Å². The van der Waals surface area contributed by atoms with Crippen LogP contribution in [0.25, 0.3) is 27.5 Å². The highest BCUT2D eigenvalue weighted by atomic mass is 15.0. The highest BCUT2D eigenvalue weighted by molar-refractivity contribution is 6.09. The van der Waals surface area contributed by atoms with Gasteiger partial charge in [0.15, 0.2) is 0 Å². The second-order valence-electron chi connectivity index (χ2n) is 9.16. The molecule has 1 heterocycles. The number of hydrogen-bond acceptors (Lipinski definition) is 0. The summed E-state index contributed by atoms with van der Waals surface area (Å²) in [5.41, 5.74) is 7.93. The van der Waals surface area contributed by atoms with Gasteiger partial charge in [-0.1, -0.05) is 93.6 Å². The first-order valence-electron chi connectivity index (χ1n) is 10.7. The summed E-state index contributed by atoms with van der Waals surface area (Å²) in [5, 5.41) is 2.61. The van der Waals surface area contributed by atoms with Crippen LogP contribution >= 0.6 is 0 Å². The van der Waals surface area contributed by atoms with E-state index in [4.69, 9.17) is 0 Å². The number of aromatic nitrogens is 1. The maximum atomic E-state index is 2.41. The minimum atomic E-state index is 0.155. The summed E-state index contributed by atoms with van der Waals surface area (Å²) in [5.74, 6) is 0. The van der Waals surface area contributed by atoms with Crippen molar-refractivity contribution in [3.63, 3.8) is 0 Å². The zero-order valence-electron chi connectivity index (χ0n) is 17.9. The van der Waals surface area contributed by atoms with Crippen LogP contribution in [0.1, 0.15) is 37.5 Å². The van der Waals surface area contributed by atoms with Gasteiger partial charge in [0, 0.05) is 16.5 Å². The molecule has 0 saturated heterocycles. The van der Waals surface area contributed by atoms with E-state index in [0.717, 1.165) is 6.42 Å². The maximum absolute atomic E-state index is 2.41. The number of fused-ring (bicyclic) bond motifs is 3. The van der Waals surface area contributed by atoms with Crippen molar-refractivity contribution >= 4 is 21.8 Å². The lowest BCUT2D eigenvalue weighted by Gasteiger charge is -2.19. The normalized spacial score (nSPS) is 12.0. The van der Waals surface area contributed by atoms with E-state index in [1.807, 2.05) is 0 Å². The fraction of sp³-hybridized carbons (Fsp3) is 0.172. The molecule has 0 amide bonds. The van der Waals surface area contributed by atoms with E-state index >= 15 is 0 Å². The summed E-state index contributed by atoms with van der Waals surface area (Å²) in [6, 6.07) is 35.4. The molecule has 0 radical (unpaired) electrons. The van der Waals surface area contributed by atoms with Gasteiger partial charge in [0.1, 0.15) is 0 Å². The van der Waals surface area contributed by atoms with E-state index in [-0.39, 0.29) is 5.41 Å². The monoisotopic (exact) mass is 389 g/mol. The Morgan fingerprint density at radius 1 is 0.600 bits per heavy atom. The molecule has 0 aliphatic rings. The standard InChI is InChI=1S/C29H27N/c1-29(2,3)23-14-16-24(17-15-23)30-27-12-8-7-11-25(27)26-18-13-22(20-28(26)30)19-21-9-5-4-6-10-21/h4-18,20H,19H2,1-3H3. The highest BCUT2D eigenvalue weighted by Crippen LogP contribution is 2.33. The van der Waals surface area contributed by atoms with Crippen LogP contribution in [0.2, 0.25) is 0 Å². The molecule has 30 heavy (non-hydrogen) atoms. The van der Waals surface area contributed by atoms with E-state index in [0.29, 0.717) is 0 Å². The van der Waals surface area contributed by atoms with Crippen molar-refractivity contribution in [2.75, 3.05) is 0 Å². The molecular weight excluding hydrogens is 362 g/mol. The molecule has 0 saturated carbocycles. The lowest BCUT2D eigenvalue weighted by Crippen LogP contribution is -2.10. The summed E-state index contributed by atoms with van der Waals surface area (Å²) < 4.78 is 2.41. The van der Waals surface area contributed by atoms with Crippen LogP contribution in [-0.4, -0.2) is 4.57 Å². The van der Waals surface area contributed by atoms with Gasteiger partial charge in [-0.05, 0) is 52.8 Å². The summed E-state index contributed by atoms with van der Waals surface area (Å²) in [4.78, 5) is 0. The van der Waals surface area contributed by atoms with E-state index in [1.165, 1.54) is 44.2 Å². The third-order valence-electron chi connectivity index (χ3n) is 5.98. The molecule has 0 atom stereocenters. The van der Waals surface area contributed by atoms with Gasteiger partial charge in [0.2, 0.25) is 0 Å². The molecule has 0 N–H and O–H groups in total. The Labute approximate surface area is 178 Å². The van der Waals surface area contributed by atoms with Crippen molar-refractivity contribution in [2.45, 2.75) is 32.6 Å². The smallest absolute Gasteiger partial charge is 0.0543 e. The van der Waals surface area contributed by atoms with E-state index in [9.17, 15) is 0 Å². The number of para-hydroxylation sites is 1. The predicted octanol–water partition coefficient (Wildman–Crippen LogP) is 7.67. The molecule has 148 valence electrons. The average Bonchev–Trinajstić information content (AvgIpc) is 3.07. The molecule has 0 fully saturated rings. The van der Waals surface area contributed by atoms with E-state index < -0.39 is 0 Å². The average molecular weight is 390 g/mol. The fourth-order valence-corrected chi connectivity index (χ4v) is 4.35. The third kappa shape index (κ3) is 3.31. The minimum absolute atomic E-state index is 0.155. The Kier molecular flexibility index (Phi) is 4.47. The SMILES string of the molecule is CC(C)(C)c1ccc(-n2c3ccccc3c3ccc(Cc4ccccc4)cc32)cc1. The molecule has 4 aromatic carbocycles. The molecule has 1 heteroatoms. The van der Waals surface area contributed by atoms with Gasteiger partial charge in [-0.15, -0.1) is 0 Å². The molecule has 1 aromatic heterocycles. The van der Waals surface area contributed by atoms with Crippen LogP contribution in [0.3, 0.4) is 0 Å². The summed E-state index contributed by atoms with van der Waals surface area (Å²) in [7, 11) is 0. The zero-order chi connectivity index (χ0) is 20.7. The van der Waals surface area contributed by atoms with Gasteiger partial charge in [0.25, 0.3) is 0 Å². The van der Waals surface area contributed by atoms with Crippen LogP contribution < -0.4 is 0 Å². The van der Waals surface area contributed by atoms with Crippen LogP contribution in [-0.2, 0) is 11.8 Å². The van der Waals surface area contributed by atoms with Crippen molar-refractivity contribution in [3.05, 3.63) is 114 Å². The molecule has 0 aliphatic carbocycles. The highest BCUT2D eigenvalue weighted by Gasteiger charge is 2.15. The molecule has 0 unspecified atom stereocenters. The van der Waals surface area contributed by atoms with Gasteiger partial charge in [-0.2, -0.15) is 0 Å². The maximum Gasteiger partial charge on any atom is 0.0543 e. The fourth-order valence-electron chi connectivity index (χ4n) is 4.35. The van der Waals surface area contributed by atoms with E-state index in [1.54, 1.807) is 0 Å². The first-order valence-corrected chi connectivity index (χ1v) is 10.7. The quantitative estimate of drug-likeness (QED) is 0.298. The minimum Gasteiger partial charge on any atom is -0.309 e. The Hall–Kier alpha value is -3.32. The Balaban J connectivity index is 1.69. The van der Waals surface area contributed by atoms with Crippen molar-refractivity contribution < 1.29 is 0 Å². The van der Waals surface area contributed by atoms with Crippen molar-refractivity contribution in [3.8, 4) is 5.69 Å². The van der Waals surface area contributed by atoms with Gasteiger partial charge >= 0.3 is 0 Å². The van der Waals surface area contributed by atoms with Crippen molar-refractivity contribution in [1.29, 1.82) is 0 Å². The number of hydrogen-bond donors (Lipinski definition) is 0. The lowest BCUT2D eigenvalue weighted by atomic mass is 9.87. The predicted molar refractivity (Wildman–Crippen MR) is 129 cm³/mol. The number of benzene rings is 4. The van der Waals surface area contributed by atoms with Crippen LogP contribution in [0.15, 0.2) is 97.1 Å². The third-order valence-corrected chi connectivity index (χ3v) is 5.98. The lowest BCUT2D eigenvalue weighted by molar-refractivity contribution is 0.590. The van der Waals surface area contributed by atoms with E-state index in [2.05, 4.69) is 122 Å². The zero-order valence-corrected chi connectivity index (χ0v) is 17.9. The van der Waals surface area contributed by atoms with Gasteiger partial charge in [-0.25, -0.2) is 0 Å². The molecule has 0 aliphatic heterocycles. The topological polar surface area (TPSA) is 4.93 Å². The number of nitrogens with zero attached hydrogens (tertiary/aromatic N) is 1. The Morgan fingerprint density at radius 3 is 2.00 bits per heavy atom. The largest absolute Gasteiger partial charge is 0.309 e. The molecule has 1 nitrogen and oxygen atoms in total. The second-order valence-corrected chi connectivity index (χ2v) is 9.16. The Morgan fingerprint density at radius 2 is 1.27 bits per heavy atom. The molecule has 5 aromatic rings. The van der Waals surface area contributed by atoms with Crippen molar-refractivity contribution in [1.82, 2.24) is 4.57 Å². The van der Waals surface area contributed by atoms with Gasteiger partial charge < -0.3 is 4.57 Å². The number of rotatable bonds is 3. The molecule has 0 spiro atoms. The Bertz CT molecular complexity index is 1320. The second kappa shape index (κ2) is 7.18. The van der Waals surface area contributed by atoms with Crippen molar-refractivity contribution in [2.24, 2.45) is 0 Å². The summed E-state index contributed by atoms with van der Waals surface area (Å²) in [6.45, 7) is 6.79. The molecule has 0 bridgehead atoms.